The molecule has 1 fully saturated rings. The van der Waals surface area contributed by atoms with E-state index >= 15 is 0 Å². The Morgan fingerprint density at radius 1 is 1.44 bits per heavy atom. The zero-order valence-corrected chi connectivity index (χ0v) is 10.4. The third kappa shape index (κ3) is 3.79. The number of urea groups is 1. The van der Waals surface area contributed by atoms with E-state index in [9.17, 15) is 4.79 Å². The monoisotopic (exact) mass is 243 g/mol. The number of benzene rings is 1. The van der Waals surface area contributed by atoms with E-state index < -0.39 is 0 Å². The van der Waals surface area contributed by atoms with Crippen molar-refractivity contribution < 1.29 is 4.79 Å². The fraction of sp³-hybridized carbons (Fsp3) is 0.357. The summed E-state index contributed by atoms with van der Waals surface area (Å²) in [4.78, 5) is 11.6. The molecule has 0 aliphatic heterocycles. The molecule has 18 heavy (non-hydrogen) atoms. The fourth-order valence-electron chi connectivity index (χ4n) is 1.66. The van der Waals surface area contributed by atoms with Gasteiger partial charge in [-0.1, -0.05) is 11.8 Å². The summed E-state index contributed by atoms with van der Waals surface area (Å²) in [5.41, 5.74) is 8.02. The SMILES string of the molecule is Cc1cc(C#CCN)cc(NC(=O)NC2CC2)c1. The Bertz CT molecular complexity index is 510. The summed E-state index contributed by atoms with van der Waals surface area (Å²) in [6.07, 6.45) is 2.16. The molecule has 0 unspecified atom stereocenters. The first-order valence-corrected chi connectivity index (χ1v) is 6.05. The van der Waals surface area contributed by atoms with Crippen LogP contribution in [0.25, 0.3) is 0 Å². The van der Waals surface area contributed by atoms with Crippen molar-refractivity contribution in [3.05, 3.63) is 29.3 Å². The third-order valence-corrected chi connectivity index (χ3v) is 2.58. The molecule has 1 aromatic carbocycles. The topological polar surface area (TPSA) is 67.1 Å². The van der Waals surface area contributed by atoms with E-state index in [1.807, 2.05) is 25.1 Å². The summed E-state index contributed by atoms with van der Waals surface area (Å²) in [5.74, 6) is 5.77. The van der Waals surface area contributed by atoms with Crippen LogP contribution in [-0.4, -0.2) is 18.6 Å². The maximum absolute atomic E-state index is 11.6. The Morgan fingerprint density at radius 2 is 2.22 bits per heavy atom. The van der Waals surface area contributed by atoms with Gasteiger partial charge in [-0.15, -0.1) is 0 Å². The second-order valence-corrected chi connectivity index (χ2v) is 4.47. The molecule has 0 saturated heterocycles. The van der Waals surface area contributed by atoms with E-state index in [1.165, 1.54) is 0 Å². The van der Waals surface area contributed by atoms with Crippen LogP contribution >= 0.6 is 0 Å². The van der Waals surface area contributed by atoms with Gasteiger partial charge in [0, 0.05) is 17.3 Å². The number of carbonyl (C=O) groups excluding carboxylic acids is 1. The Balaban J connectivity index is 2.06. The summed E-state index contributed by atoms with van der Waals surface area (Å²) in [6, 6.07) is 5.93. The van der Waals surface area contributed by atoms with Gasteiger partial charge in [0.2, 0.25) is 0 Å². The van der Waals surface area contributed by atoms with Crippen LogP contribution in [0.2, 0.25) is 0 Å². The van der Waals surface area contributed by atoms with Crippen molar-refractivity contribution in [3.63, 3.8) is 0 Å². The van der Waals surface area contributed by atoms with E-state index in [0.717, 1.165) is 29.7 Å². The van der Waals surface area contributed by atoms with Gasteiger partial charge in [0.05, 0.1) is 6.54 Å². The predicted octanol–water partition coefficient (Wildman–Crippen LogP) is 1.59. The zero-order chi connectivity index (χ0) is 13.0. The van der Waals surface area contributed by atoms with Crippen LogP contribution in [-0.2, 0) is 0 Å². The van der Waals surface area contributed by atoms with E-state index in [2.05, 4.69) is 22.5 Å². The van der Waals surface area contributed by atoms with Gasteiger partial charge >= 0.3 is 6.03 Å². The molecule has 4 heteroatoms. The van der Waals surface area contributed by atoms with Crippen molar-refractivity contribution in [2.24, 2.45) is 5.73 Å². The van der Waals surface area contributed by atoms with Crippen molar-refractivity contribution in [2.45, 2.75) is 25.8 Å². The molecule has 0 radical (unpaired) electrons. The standard InChI is InChI=1S/C14H17N3O/c1-10-7-11(3-2-6-15)9-13(8-10)17-14(18)16-12-4-5-12/h7-9,12H,4-6,15H2,1H3,(H2,16,17,18). The van der Waals surface area contributed by atoms with Gasteiger partial charge in [-0.3, -0.25) is 0 Å². The molecule has 1 aliphatic carbocycles. The minimum atomic E-state index is -0.152. The number of aryl methyl sites for hydroxylation is 1. The largest absolute Gasteiger partial charge is 0.335 e. The van der Waals surface area contributed by atoms with Crippen molar-refractivity contribution >= 4 is 11.7 Å². The molecule has 0 aromatic heterocycles. The second-order valence-electron chi connectivity index (χ2n) is 4.47. The van der Waals surface area contributed by atoms with E-state index in [4.69, 9.17) is 5.73 Å². The maximum atomic E-state index is 11.6. The van der Waals surface area contributed by atoms with E-state index in [1.54, 1.807) is 0 Å². The van der Waals surface area contributed by atoms with Gasteiger partial charge in [0.15, 0.2) is 0 Å². The molecular formula is C14H17N3O. The Morgan fingerprint density at radius 3 is 2.89 bits per heavy atom. The molecule has 0 heterocycles. The molecule has 94 valence electrons. The van der Waals surface area contributed by atoms with Crippen molar-refractivity contribution in [3.8, 4) is 11.8 Å². The lowest BCUT2D eigenvalue weighted by Gasteiger charge is -2.08. The van der Waals surface area contributed by atoms with Crippen molar-refractivity contribution in [2.75, 3.05) is 11.9 Å². The number of nitrogens with two attached hydrogens (primary N) is 1. The van der Waals surface area contributed by atoms with Crippen LogP contribution in [0.4, 0.5) is 10.5 Å². The van der Waals surface area contributed by atoms with Crippen LogP contribution in [0.1, 0.15) is 24.0 Å². The van der Waals surface area contributed by atoms with Crippen LogP contribution in [0.5, 0.6) is 0 Å². The third-order valence-electron chi connectivity index (χ3n) is 2.58. The summed E-state index contributed by atoms with van der Waals surface area (Å²) >= 11 is 0. The molecule has 4 N–H and O–H groups in total. The molecule has 0 atom stereocenters. The highest BCUT2D eigenvalue weighted by Crippen LogP contribution is 2.19. The second kappa shape index (κ2) is 5.56. The quantitative estimate of drug-likeness (QED) is 0.690. The van der Waals surface area contributed by atoms with Crippen LogP contribution in [0, 0.1) is 18.8 Å². The molecule has 1 aliphatic rings. The summed E-state index contributed by atoms with van der Waals surface area (Å²) in [6.45, 7) is 2.30. The smallest absolute Gasteiger partial charge is 0.319 e. The lowest BCUT2D eigenvalue weighted by molar-refractivity contribution is 0.251. The Labute approximate surface area is 107 Å². The number of rotatable bonds is 2. The zero-order valence-electron chi connectivity index (χ0n) is 10.4. The summed E-state index contributed by atoms with van der Waals surface area (Å²) in [7, 11) is 0. The summed E-state index contributed by atoms with van der Waals surface area (Å²) in [5, 5.41) is 5.70. The molecular weight excluding hydrogens is 226 g/mol. The molecule has 2 rings (SSSR count). The fourth-order valence-corrected chi connectivity index (χ4v) is 1.66. The van der Waals surface area contributed by atoms with Crippen LogP contribution in [0.3, 0.4) is 0 Å². The molecule has 1 saturated carbocycles. The first kappa shape index (κ1) is 12.5. The first-order valence-electron chi connectivity index (χ1n) is 6.05. The van der Waals surface area contributed by atoms with Crippen LogP contribution < -0.4 is 16.4 Å². The number of amides is 2. The highest BCUT2D eigenvalue weighted by Gasteiger charge is 2.23. The molecule has 1 aromatic rings. The number of anilines is 1. The molecule has 2 amide bonds. The first-order chi connectivity index (χ1) is 8.67. The van der Waals surface area contributed by atoms with Crippen LogP contribution in [0.15, 0.2) is 18.2 Å². The number of hydrogen-bond donors (Lipinski definition) is 3. The number of nitrogens with one attached hydrogen (secondary N) is 2. The molecule has 0 bridgehead atoms. The van der Waals surface area contributed by atoms with Gasteiger partial charge in [0.25, 0.3) is 0 Å². The molecule has 4 nitrogen and oxygen atoms in total. The van der Waals surface area contributed by atoms with Gasteiger partial charge in [-0.2, -0.15) is 0 Å². The highest BCUT2D eigenvalue weighted by atomic mass is 16.2. The number of hydrogen-bond acceptors (Lipinski definition) is 2. The normalized spacial score (nSPS) is 13.4. The Hall–Kier alpha value is -1.99. The number of carbonyl (C=O) groups is 1. The maximum Gasteiger partial charge on any atom is 0.319 e. The van der Waals surface area contributed by atoms with Gasteiger partial charge < -0.3 is 16.4 Å². The van der Waals surface area contributed by atoms with Crippen molar-refractivity contribution in [1.82, 2.24) is 5.32 Å². The average molecular weight is 243 g/mol. The van der Waals surface area contributed by atoms with Crippen molar-refractivity contribution in [1.29, 1.82) is 0 Å². The highest BCUT2D eigenvalue weighted by molar-refractivity contribution is 5.90. The van der Waals surface area contributed by atoms with Gasteiger partial charge in [-0.05, 0) is 43.5 Å². The van der Waals surface area contributed by atoms with Gasteiger partial charge in [0.1, 0.15) is 0 Å². The van der Waals surface area contributed by atoms with Gasteiger partial charge in [-0.25, -0.2) is 4.79 Å². The predicted molar refractivity (Wildman–Crippen MR) is 72.3 cm³/mol. The lowest BCUT2D eigenvalue weighted by atomic mass is 10.1. The van der Waals surface area contributed by atoms with E-state index in [0.29, 0.717) is 12.6 Å². The minimum absolute atomic E-state index is 0.152. The summed E-state index contributed by atoms with van der Waals surface area (Å²) < 4.78 is 0. The average Bonchev–Trinajstić information content (AvgIpc) is 3.09. The minimum Gasteiger partial charge on any atom is -0.335 e. The van der Waals surface area contributed by atoms with E-state index in [-0.39, 0.29) is 6.03 Å². The Kier molecular flexibility index (Phi) is 3.85. The lowest BCUT2D eigenvalue weighted by Crippen LogP contribution is -2.30. The molecule has 0 spiro atoms.